The summed E-state index contributed by atoms with van der Waals surface area (Å²) < 4.78 is 55.8. The number of nitriles is 1. The molecule has 0 spiro atoms. The fourth-order valence-electron chi connectivity index (χ4n) is 5.12. The molecule has 3 aromatic carbocycles. The van der Waals surface area contributed by atoms with E-state index in [1.807, 2.05) is 11.8 Å². The van der Waals surface area contributed by atoms with E-state index in [0.717, 1.165) is 23.2 Å². The standard InChI is InChI=1S/C31H32F3N3O3S/c1-2-41(39)28-15-8-22(9-16-28)29(17-18-35)36-30(38)23-5-12-26(13-6-23)37-19-24(21-3-10-25(32)11-4-21)7-14-27(37)20-40-31(33)34/h3-6,8-13,15-16,24,27,29,31H,2,7,14,17,19-20H2,1H3,(H,36,38)/t24?,27-,29-,41?/m0/s1. The summed E-state index contributed by atoms with van der Waals surface area (Å²) >= 11 is -1.10. The van der Waals surface area contributed by atoms with Crippen LogP contribution in [-0.4, -0.2) is 42.0 Å². The smallest absolute Gasteiger partial charge is 0.345 e. The van der Waals surface area contributed by atoms with E-state index in [1.165, 1.54) is 12.1 Å². The highest BCUT2D eigenvalue weighted by atomic mass is 32.2. The van der Waals surface area contributed by atoms with Crippen LogP contribution in [0.4, 0.5) is 18.9 Å². The molecule has 0 saturated carbocycles. The number of alkyl halides is 2. The average Bonchev–Trinajstić information content (AvgIpc) is 3.00. The van der Waals surface area contributed by atoms with Crippen LogP contribution in [0.3, 0.4) is 0 Å². The first kappa shape index (κ1) is 30.4. The van der Waals surface area contributed by atoms with Gasteiger partial charge in [0.2, 0.25) is 0 Å². The van der Waals surface area contributed by atoms with Crippen LogP contribution in [0.15, 0.2) is 77.7 Å². The Morgan fingerprint density at radius 2 is 1.78 bits per heavy atom. The Morgan fingerprint density at radius 1 is 1.10 bits per heavy atom. The molecular formula is C31H32F3N3O3S. The van der Waals surface area contributed by atoms with Gasteiger partial charge in [-0.1, -0.05) is 24.3 Å². The number of hydrogen-bond acceptors (Lipinski definition) is 5. The van der Waals surface area contributed by atoms with E-state index < -0.39 is 23.8 Å². The first-order valence-electron chi connectivity index (χ1n) is 13.5. The third-order valence-electron chi connectivity index (χ3n) is 7.33. The highest BCUT2D eigenvalue weighted by molar-refractivity contribution is 7.91. The lowest BCUT2D eigenvalue weighted by Gasteiger charge is -2.41. The van der Waals surface area contributed by atoms with Crippen LogP contribution < -0.4 is 10.2 Å². The summed E-state index contributed by atoms with van der Waals surface area (Å²) in [6.07, 6.45) is 1.41. The molecule has 10 heteroatoms. The Morgan fingerprint density at radius 3 is 2.39 bits per heavy atom. The Hall–Kier alpha value is -3.52. The van der Waals surface area contributed by atoms with Gasteiger partial charge in [0.25, 0.3) is 5.91 Å². The number of hydrogen-bond donors (Lipinski definition) is 1. The molecule has 1 fully saturated rings. The number of halogens is 3. The van der Waals surface area contributed by atoms with Crippen molar-refractivity contribution in [3.63, 3.8) is 0 Å². The van der Waals surface area contributed by atoms with Crippen LogP contribution in [0.1, 0.15) is 59.6 Å². The van der Waals surface area contributed by atoms with Gasteiger partial charge in [-0.3, -0.25) is 4.79 Å². The van der Waals surface area contributed by atoms with Gasteiger partial charge in [-0.25, -0.2) is 4.39 Å². The van der Waals surface area contributed by atoms with E-state index in [-0.39, 0.29) is 36.7 Å². The van der Waals surface area contributed by atoms with Crippen LogP contribution >= 0.6 is 0 Å². The fourth-order valence-corrected chi connectivity index (χ4v) is 5.89. The molecule has 1 aliphatic rings. The molecule has 216 valence electrons. The van der Waals surface area contributed by atoms with Gasteiger partial charge in [0.15, 0.2) is 4.90 Å². The van der Waals surface area contributed by atoms with Crippen LogP contribution in [0.25, 0.3) is 0 Å². The maximum Gasteiger partial charge on any atom is 0.345 e. The van der Waals surface area contributed by atoms with Gasteiger partial charge in [0.1, 0.15) is 11.6 Å². The number of carbonyl (C=O) groups excluding carboxylic acids is 1. The summed E-state index contributed by atoms with van der Waals surface area (Å²) in [5, 5.41) is 12.2. The summed E-state index contributed by atoms with van der Waals surface area (Å²) in [7, 11) is 0. The number of ether oxygens (including phenoxy) is 1. The zero-order chi connectivity index (χ0) is 29.4. The SMILES string of the molecule is CC[S+]([O-])c1ccc([C@H](CC#N)NC(=O)c2ccc(N3CC(c4ccc(F)cc4)CC[C@H]3COC(F)F)cc2)cc1. The van der Waals surface area contributed by atoms with Crippen LogP contribution in [-0.2, 0) is 15.9 Å². The first-order chi connectivity index (χ1) is 19.8. The van der Waals surface area contributed by atoms with Crippen LogP contribution in [0, 0.1) is 17.1 Å². The summed E-state index contributed by atoms with van der Waals surface area (Å²) in [6.45, 7) is -0.654. The van der Waals surface area contributed by atoms with Crippen molar-refractivity contribution in [2.24, 2.45) is 0 Å². The summed E-state index contributed by atoms with van der Waals surface area (Å²) in [5.41, 5.74) is 2.84. The molecule has 4 atom stereocenters. The minimum absolute atomic E-state index is 0.0599. The predicted octanol–water partition coefficient (Wildman–Crippen LogP) is 6.33. The molecule has 1 N–H and O–H groups in total. The summed E-state index contributed by atoms with van der Waals surface area (Å²) in [4.78, 5) is 15.8. The van der Waals surface area contributed by atoms with Gasteiger partial charge in [-0.05, 0) is 90.6 Å². The molecular weight excluding hydrogens is 551 g/mol. The second-order valence-corrected chi connectivity index (χ2v) is 11.6. The van der Waals surface area contributed by atoms with E-state index in [9.17, 15) is 27.8 Å². The van der Waals surface area contributed by atoms with Crippen molar-refractivity contribution in [2.45, 2.75) is 55.7 Å². The maximum absolute atomic E-state index is 13.5. The molecule has 1 heterocycles. The molecule has 41 heavy (non-hydrogen) atoms. The third-order valence-corrected chi connectivity index (χ3v) is 8.65. The Kier molecular flexibility index (Phi) is 10.7. The first-order valence-corrected chi connectivity index (χ1v) is 14.8. The number of nitrogens with zero attached hydrogens (tertiary/aromatic N) is 2. The molecule has 0 aliphatic carbocycles. The number of piperidine rings is 1. The van der Waals surface area contributed by atoms with Gasteiger partial charge in [0, 0.05) is 23.7 Å². The van der Waals surface area contributed by atoms with Crippen molar-refractivity contribution in [2.75, 3.05) is 23.8 Å². The fraction of sp³-hybridized carbons (Fsp3) is 0.355. The topological polar surface area (TPSA) is 88.4 Å². The minimum atomic E-state index is -2.87. The molecule has 1 amide bonds. The molecule has 1 aliphatic heterocycles. The lowest BCUT2D eigenvalue weighted by Crippen LogP contribution is -2.45. The number of benzene rings is 3. The third kappa shape index (κ3) is 8.03. The van der Waals surface area contributed by atoms with E-state index >= 15 is 0 Å². The molecule has 4 rings (SSSR count). The number of anilines is 1. The summed E-state index contributed by atoms with van der Waals surface area (Å²) in [5.74, 6) is -0.106. The van der Waals surface area contributed by atoms with Gasteiger partial charge in [-0.15, -0.1) is 0 Å². The zero-order valence-electron chi connectivity index (χ0n) is 22.6. The quantitative estimate of drug-likeness (QED) is 0.267. The minimum Gasteiger partial charge on any atom is -0.611 e. The van der Waals surface area contributed by atoms with E-state index in [2.05, 4.69) is 16.1 Å². The predicted molar refractivity (Wildman–Crippen MR) is 152 cm³/mol. The Bertz CT molecular complexity index is 1320. The van der Waals surface area contributed by atoms with Crippen molar-refractivity contribution in [3.05, 3.63) is 95.3 Å². The highest BCUT2D eigenvalue weighted by Crippen LogP contribution is 2.34. The monoisotopic (exact) mass is 583 g/mol. The zero-order valence-corrected chi connectivity index (χ0v) is 23.5. The van der Waals surface area contributed by atoms with Crippen molar-refractivity contribution >= 4 is 22.8 Å². The van der Waals surface area contributed by atoms with Crippen molar-refractivity contribution in [1.29, 1.82) is 5.26 Å². The molecule has 3 aromatic rings. The van der Waals surface area contributed by atoms with Crippen molar-refractivity contribution in [1.82, 2.24) is 5.32 Å². The van der Waals surface area contributed by atoms with Crippen LogP contribution in [0.2, 0.25) is 0 Å². The molecule has 2 unspecified atom stereocenters. The second-order valence-electron chi connectivity index (χ2n) is 9.86. The van der Waals surface area contributed by atoms with Gasteiger partial charge < -0.3 is 19.5 Å². The van der Waals surface area contributed by atoms with Crippen LogP contribution in [0.5, 0.6) is 0 Å². The average molecular weight is 584 g/mol. The largest absolute Gasteiger partial charge is 0.611 e. The summed E-state index contributed by atoms with van der Waals surface area (Å²) in [6, 6.07) is 21.5. The second kappa shape index (κ2) is 14.4. The lowest BCUT2D eigenvalue weighted by molar-refractivity contribution is -0.133. The van der Waals surface area contributed by atoms with Gasteiger partial charge in [-0.2, -0.15) is 14.0 Å². The highest BCUT2D eigenvalue weighted by Gasteiger charge is 2.30. The molecule has 6 nitrogen and oxygen atoms in total. The maximum atomic E-state index is 13.5. The van der Waals surface area contributed by atoms with Gasteiger partial charge in [0.05, 0.1) is 31.2 Å². The van der Waals surface area contributed by atoms with Crippen molar-refractivity contribution < 1.29 is 27.3 Å². The molecule has 0 radical (unpaired) electrons. The molecule has 0 aromatic heterocycles. The molecule has 1 saturated heterocycles. The normalized spacial score (nSPS) is 18.5. The number of nitrogens with one attached hydrogen (secondary N) is 1. The number of amides is 1. The van der Waals surface area contributed by atoms with E-state index in [4.69, 9.17) is 0 Å². The van der Waals surface area contributed by atoms with Crippen molar-refractivity contribution in [3.8, 4) is 6.07 Å². The lowest BCUT2D eigenvalue weighted by atomic mass is 9.87. The van der Waals surface area contributed by atoms with Gasteiger partial charge >= 0.3 is 6.61 Å². The number of rotatable bonds is 11. The number of carbonyl (C=O) groups is 1. The van der Waals surface area contributed by atoms with E-state index in [0.29, 0.717) is 29.2 Å². The Labute approximate surface area is 241 Å². The van der Waals surface area contributed by atoms with E-state index in [1.54, 1.807) is 60.7 Å². The molecule has 0 bridgehead atoms. The Balaban J connectivity index is 1.49.